The molecule has 0 saturated carbocycles. The van der Waals surface area contributed by atoms with Gasteiger partial charge in [-0.05, 0) is 36.8 Å². The summed E-state index contributed by atoms with van der Waals surface area (Å²) in [7, 11) is 0. The highest BCUT2D eigenvalue weighted by molar-refractivity contribution is 5.93. The number of amides is 1. The van der Waals surface area contributed by atoms with Gasteiger partial charge in [-0.15, -0.1) is 0 Å². The fourth-order valence-corrected chi connectivity index (χ4v) is 4.88. The van der Waals surface area contributed by atoms with Gasteiger partial charge >= 0.3 is 0 Å². The first-order valence-corrected chi connectivity index (χ1v) is 8.26. The summed E-state index contributed by atoms with van der Waals surface area (Å²) in [6.07, 6.45) is 2.13. The third-order valence-corrected chi connectivity index (χ3v) is 5.82. The van der Waals surface area contributed by atoms with Gasteiger partial charge in [0.25, 0.3) is 11.5 Å². The van der Waals surface area contributed by atoms with E-state index in [0.29, 0.717) is 34.8 Å². The van der Waals surface area contributed by atoms with E-state index in [4.69, 9.17) is 0 Å². The van der Waals surface area contributed by atoms with Crippen molar-refractivity contribution in [2.24, 2.45) is 11.8 Å². The summed E-state index contributed by atoms with van der Waals surface area (Å²) < 4.78 is 0. The number of aromatic nitrogens is 2. The van der Waals surface area contributed by atoms with Gasteiger partial charge in [0.1, 0.15) is 0 Å². The van der Waals surface area contributed by atoms with Crippen molar-refractivity contribution in [3.8, 4) is 0 Å². The monoisotopic (exact) mass is 310 g/mol. The average molecular weight is 310 g/mol. The molecule has 1 aromatic heterocycles. The van der Waals surface area contributed by atoms with Crippen molar-refractivity contribution in [1.82, 2.24) is 20.2 Å². The number of hydrogen-bond donors (Lipinski definition) is 2. The van der Waals surface area contributed by atoms with Crippen LogP contribution in [-0.4, -0.2) is 45.9 Å². The van der Waals surface area contributed by atoms with Gasteiger partial charge < -0.3 is 15.2 Å². The fraction of sp³-hybridized carbons (Fsp3) is 0.471. The van der Waals surface area contributed by atoms with Crippen LogP contribution >= 0.6 is 0 Å². The van der Waals surface area contributed by atoms with Crippen LogP contribution in [0.1, 0.15) is 23.5 Å². The SMILES string of the molecule is O=C(c1nc2ccccc2c(=O)[nH]1)N1[C@@H]2CC[C@H]1[C@H]1CNC[C@H]12. The highest BCUT2D eigenvalue weighted by Crippen LogP contribution is 2.47. The molecule has 4 heterocycles. The molecule has 0 spiro atoms. The van der Waals surface area contributed by atoms with Crippen LogP contribution in [0.4, 0.5) is 0 Å². The number of hydrogen-bond acceptors (Lipinski definition) is 4. The fourth-order valence-electron chi connectivity index (χ4n) is 4.88. The summed E-state index contributed by atoms with van der Waals surface area (Å²) in [5, 5.41) is 3.97. The van der Waals surface area contributed by atoms with Crippen molar-refractivity contribution in [3.05, 3.63) is 40.4 Å². The van der Waals surface area contributed by atoms with Crippen LogP contribution in [0.15, 0.2) is 29.1 Å². The first kappa shape index (κ1) is 13.2. The molecule has 5 rings (SSSR count). The average Bonchev–Trinajstić information content (AvgIpc) is 3.26. The van der Waals surface area contributed by atoms with Crippen LogP contribution in [0.2, 0.25) is 0 Å². The predicted molar refractivity (Wildman–Crippen MR) is 85.2 cm³/mol. The normalized spacial score (nSPS) is 31.7. The van der Waals surface area contributed by atoms with Crippen LogP contribution in [0.25, 0.3) is 10.9 Å². The zero-order valence-corrected chi connectivity index (χ0v) is 12.7. The molecule has 2 bridgehead atoms. The molecule has 4 atom stereocenters. The summed E-state index contributed by atoms with van der Waals surface area (Å²) in [5.41, 5.74) is 0.334. The molecule has 3 aliphatic rings. The Morgan fingerprint density at radius 2 is 1.83 bits per heavy atom. The minimum absolute atomic E-state index is 0.116. The highest BCUT2D eigenvalue weighted by Gasteiger charge is 2.56. The maximum absolute atomic E-state index is 13.0. The molecule has 23 heavy (non-hydrogen) atoms. The van der Waals surface area contributed by atoms with E-state index in [0.717, 1.165) is 25.9 Å². The van der Waals surface area contributed by atoms with Gasteiger partial charge in [0.15, 0.2) is 5.82 Å². The lowest BCUT2D eigenvalue weighted by Crippen LogP contribution is -2.40. The number of H-pyrrole nitrogens is 1. The summed E-state index contributed by atoms with van der Waals surface area (Å²) in [5.74, 6) is 1.18. The van der Waals surface area contributed by atoms with Gasteiger partial charge in [-0.3, -0.25) is 9.59 Å². The molecule has 0 aliphatic carbocycles. The minimum atomic E-state index is -0.243. The number of nitrogens with zero attached hydrogens (tertiary/aromatic N) is 2. The quantitative estimate of drug-likeness (QED) is 0.814. The van der Waals surface area contributed by atoms with Crippen LogP contribution in [0.3, 0.4) is 0 Å². The Hall–Kier alpha value is -2.21. The van der Waals surface area contributed by atoms with Gasteiger partial charge in [0.05, 0.1) is 10.9 Å². The minimum Gasteiger partial charge on any atom is -0.329 e. The van der Waals surface area contributed by atoms with E-state index in [1.165, 1.54) is 0 Å². The maximum atomic E-state index is 13.0. The van der Waals surface area contributed by atoms with Crippen LogP contribution in [0.5, 0.6) is 0 Å². The van der Waals surface area contributed by atoms with E-state index < -0.39 is 0 Å². The Morgan fingerprint density at radius 3 is 2.57 bits per heavy atom. The van der Waals surface area contributed by atoms with Crippen molar-refractivity contribution < 1.29 is 4.79 Å². The molecule has 3 saturated heterocycles. The number of carbonyl (C=O) groups is 1. The lowest BCUT2D eigenvalue weighted by Gasteiger charge is -2.24. The molecule has 3 fully saturated rings. The van der Waals surface area contributed by atoms with Gasteiger partial charge in [0, 0.05) is 25.2 Å². The molecule has 118 valence electrons. The highest BCUT2D eigenvalue weighted by atomic mass is 16.2. The smallest absolute Gasteiger partial charge is 0.290 e. The molecule has 6 nitrogen and oxygen atoms in total. The number of benzene rings is 1. The lowest BCUT2D eigenvalue weighted by atomic mass is 9.82. The third-order valence-electron chi connectivity index (χ3n) is 5.82. The molecule has 6 heteroatoms. The van der Waals surface area contributed by atoms with Gasteiger partial charge in [-0.1, -0.05) is 12.1 Å². The summed E-state index contributed by atoms with van der Waals surface area (Å²) >= 11 is 0. The molecular weight excluding hydrogens is 292 g/mol. The Morgan fingerprint density at radius 1 is 1.13 bits per heavy atom. The zero-order valence-electron chi connectivity index (χ0n) is 12.7. The molecule has 2 N–H and O–H groups in total. The van der Waals surface area contributed by atoms with Crippen molar-refractivity contribution in [3.63, 3.8) is 0 Å². The number of para-hydroxylation sites is 1. The molecule has 0 unspecified atom stereocenters. The first-order chi connectivity index (χ1) is 11.2. The molecular formula is C17H18N4O2. The zero-order chi connectivity index (χ0) is 15.6. The molecule has 1 amide bonds. The van der Waals surface area contributed by atoms with Gasteiger partial charge in [-0.25, -0.2) is 4.98 Å². The number of rotatable bonds is 1. The molecule has 2 aromatic rings. The topological polar surface area (TPSA) is 78.1 Å². The van der Waals surface area contributed by atoms with E-state index in [-0.39, 0.29) is 17.3 Å². The second-order valence-electron chi connectivity index (χ2n) is 6.84. The molecule has 0 radical (unpaired) electrons. The summed E-state index contributed by atoms with van der Waals surface area (Å²) in [6.45, 7) is 1.99. The molecule has 3 aliphatic heterocycles. The standard InChI is InChI=1S/C17H18N4O2/c22-16-9-3-1-2-4-12(9)19-15(20-16)17(23)21-13-5-6-14(21)11-8-18-7-10(11)13/h1-4,10-11,13-14,18H,5-8H2,(H,19,20,22)/t10-,11+,13-,14+. The Kier molecular flexibility index (Phi) is 2.68. The summed E-state index contributed by atoms with van der Waals surface area (Å²) in [6, 6.07) is 7.73. The van der Waals surface area contributed by atoms with Crippen molar-refractivity contribution >= 4 is 16.8 Å². The molecule has 1 aromatic carbocycles. The number of fused-ring (bicyclic) bond motifs is 6. The van der Waals surface area contributed by atoms with E-state index in [1.807, 2.05) is 11.0 Å². The second kappa shape index (κ2) is 4.64. The van der Waals surface area contributed by atoms with Crippen molar-refractivity contribution in [1.29, 1.82) is 0 Å². The Bertz CT molecular complexity index is 843. The number of aromatic amines is 1. The third kappa shape index (κ3) is 1.75. The van der Waals surface area contributed by atoms with E-state index >= 15 is 0 Å². The Balaban J connectivity index is 1.55. The van der Waals surface area contributed by atoms with E-state index in [1.54, 1.807) is 18.2 Å². The maximum Gasteiger partial charge on any atom is 0.290 e. The van der Waals surface area contributed by atoms with Crippen LogP contribution in [-0.2, 0) is 0 Å². The van der Waals surface area contributed by atoms with Crippen LogP contribution < -0.4 is 10.9 Å². The van der Waals surface area contributed by atoms with E-state index in [9.17, 15) is 9.59 Å². The number of carbonyl (C=O) groups excluding carboxylic acids is 1. The Labute approximate surface area is 132 Å². The van der Waals surface area contributed by atoms with E-state index in [2.05, 4.69) is 15.3 Å². The van der Waals surface area contributed by atoms with Gasteiger partial charge in [0.2, 0.25) is 0 Å². The lowest BCUT2D eigenvalue weighted by molar-refractivity contribution is 0.0697. The van der Waals surface area contributed by atoms with Crippen molar-refractivity contribution in [2.45, 2.75) is 24.9 Å². The van der Waals surface area contributed by atoms with Crippen molar-refractivity contribution in [2.75, 3.05) is 13.1 Å². The summed E-state index contributed by atoms with van der Waals surface area (Å²) in [4.78, 5) is 34.3. The first-order valence-electron chi connectivity index (χ1n) is 8.26. The number of nitrogens with one attached hydrogen (secondary N) is 2. The van der Waals surface area contributed by atoms with Gasteiger partial charge in [-0.2, -0.15) is 0 Å². The second-order valence-corrected chi connectivity index (χ2v) is 6.84. The predicted octanol–water partition coefficient (Wildman–Crippen LogP) is 0.745. The largest absolute Gasteiger partial charge is 0.329 e. The van der Waals surface area contributed by atoms with Crippen LogP contribution in [0, 0.1) is 11.8 Å².